The second kappa shape index (κ2) is 7.06. The molecule has 0 fully saturated rings. The molecule has 21 heavy (non-hydrogen) atoms. The second-order valence-corrected chi connectivity index (χ2v) is 6.85. The quantitative estimate of drug-likeness (QED) is 0.783. The molecule has 1 heterocycles. The Labute approximate surface area is 126 Å². The van der Waals surface area contributed by atoms with Crippen LogP contribution in [0.5, 0.6) is 5.75 Å². The van der Waals surface area contributed by atoms with E-state index in [1.165, 1.54) is 12.7 Å². The molecule has 0 saturated heterocycles. The summed E-state index contributed by atoms with van der Waals surface area (Å²) in [5.74, 6) is 0.370. The Balaban J connectivity index is 2.04. The van der Waals surface area contributed by atoms with Crippen LogP contribution in [0, 0.1) is 6.92 Å². The van der Waals surface area contributed by atoms with Gasteiger partial charge in [0.2, 0.25) is 10.0 Å². The molecule has 0 aliphatic carbocycles. The topological polar surface area (TPSA) is 67.4 Å². The maximum absolute atomic E-state index is 12.4. The lowest BCUT2D eigenvalue weighted by Gasteiger charge is -2.15. The summed E-state index contributed by atoms with van der Waals surface area (Å²) in [6.07, 6.45) is 3.86. The summed E-state index contributed by atoms with van der Waals surface area (Å²) in [5, 5.41) is 3.24. The summed E-state index contributed by atoms with van der Waals surface area (Å²) in [5.41, 5.74) is 2.19. The summed E-state index contributed by atoms with van der Waals surface area (Å²) >= 11 is 0. The first-order valence-corrected chi connectivity index (χ1v) is 8.54. The number of methoxy groups -OCH3 is 1. The Hall–Kier alpha value is -1.37. The fourth-order valence-electron chi connectivity index (χ4n) is 2.31. The van der Waals surface area contributed by atoms with E-state index in [1.54, 1.807) is 12.1 Å². The summed E-state index contributed by atoms with van der Waals surface area (Å²) < 4.78 is 32.6. The maximum atomic E-state index is 12.4. The molecular formula is C15H22N2O3S. The molecule has 1 aromatic rings. The molecule has 0 atom stereocenters. The van der Waals surface area contributed by atoms with Crippen molar-refractivity contribution in [3.8, 4) is 5.75 Å². The van der Waals surface area contributed by atoms with Crippen molar-refractivity contribution in [3.63, 3.8) is 0 Å². The van der Waals surface area contributed by atoms with Crippen molar-refractivity contribution in [1.29, 1.82) is 0 Å². The van der Waals surface area contributed by atoms with Gasteiger partial charge in [-0.2, -0.15) is 0 Å². The van der Waals surface area contributed by atoms with Gasteiger partial charge in [0, 0.05) is 13.1 Å². The van der Waals surface area contributed by atoms with Gasteiger partial charge in [0.15, 0.2) is 0 Å². The van der Waals surface area contributed by atoms with Gasteiger partial charge >= 0.3 is 0 Å². The Bertz CT molecular complexity index is 624. The van der Waals surface area contributed by atoms with Crippen molar-refractivity contribution >= 4 is 10.0 Å². The Morgan fingerprint density at radius 2 is 2.19 bits per heavy atom. The number of hydrogen-bond acceptors (Lipinski definition) is 4. The maximum Gasteiger partial charge on any atom is 0.244 e. The first kappa shape index (κ1) is 16.0. The number of benzene rings is 1. The van der Waals surface area contributed by atoms with Crippen molar-refractivity contribution in [3.05, 3.63) is 35.4 Å². The van der Waals surface area contributed by atoms with Gasteiger partial charge in [0.25, 0.3) is 0 Å². The summed E-state index contributed by atoms with van der Waals surface area (Å²) in [6.45, 7) is 4.10. The summed E-state index contributed by atoms with van der Waals surface area (Å²) in [6, 6.07) is 5.14. The first-order chi connectivity index (χ1) is 10.0. The van der Waals surface area contributed by atoms with E-state index in [0.29, 0.717) is 12.3 Å². The molecular weight excluding hydrogens is 288 g/mol. The van der Waals surface area contributed by atoms with E-state index >= 15 is 0 Å². The number of nitrogens with one attached hydrogen (secondary N) is 2. The number of rotatable bonds is 6. The molecule has 0 amide bonds. The van der Waals surface area contributed by atoms with E-state index in [4.69, 9.17) is 4.74 Å². The van der Waals surface area contributed by atoms with Crippen LogP contribution in [0.3, 0.4) is 0 Å². The lowest BCUT2D eigenvalue weighted by molar-refractivity contribution is 0.402. The molecule has 5 nitrogen and oxygen atoms in total. The highest BCUT2D eigenvalue weighted by Crippen LogP contribution is 2.24. The third-order valence-electron chi connectivity index (χ3n) is 3.50. The second-order valence-electron chi connectivity index (χ2n) is 5.12. The number of ether oxygens (including phenoxy) is 1. The van der Waals surface area contributed by atoms with Gasteiger partial charge in [-0.3, -0.25) is 0 Å². The molecule has 0 saturated carbocycles. The lowest BCUT2D eigenvalue weighted by atomic mass is 10.1. The van der Waals surface area contributed by atoms with Gasteiger partial charge in [0.05, 0.1) is 7.11 Å². The predicted octanol–water partition coefficient (Wildman–Crippen LogP) is 1.59. The molecule has 0 aromatic heterocycles. The van der Waals surface area contributed by atoms with Crippen LogP contribution in [0.2, 0.25) is 0 Å². The fraction of sp³-hybridized carbons (Fsp3) is 0.467. The molecule has 0 unspecified atom stereocenters. The standard InChI is InChI=1S/C15H22N2O3S/c1-12-3-4-14(20-2)15(11-12)21(18,19)17-10-7-13-5-8-16-9-6-13/h3-5,11,16-17H,6-10H2,1-2H3. The minimum absolute atomic E-state index is 0.198. The highest BCUT2D eigenvalue weighted by molar-refractivity contribution is 7.89. The molecule has 6 heteroatoms. The van der Waals surface area contributed by atoms with E-state index in [9.17, 15) is 8.42 Å². The average molecular weight is 310 g/mol. The monoisotopic (exact) mass is 310 g/mol. The zero-order valence-electron chi connectivity index (χ0n) is 12.5. The van der Waals surface area contributed by atoms with Crippen LogP contribution in [-0.4, -0.2) is 35.2 Å². The predicted molar refractivity (Wildman–Crippen MR) is 83.1 cm³/mol. The van der Waals surface area contributed by atoms with Crippen molar-refractivity contribution < 1.29 is 13.2 Å². The number of sulfonamides is 1. The third-order valence-corrected chi connectivity index (χ3v) is 4.99. The zero-order chi connectivity index (χ0) is 15.3. The smallest absolute Gasteiger partial charge is 0.244 e. The molecule has 1 aliphatic rings. The van der Waals surface area contributed by atoms with Crippen molar-refractivity contribution in [1.82, 2.24) is 10.0 Å². The van der Waals surface area contributed by atoms with E-state index in [1.807, 2.05) is 13.0 Å². The van der Waals surface area contributed by atoms with Crippen molar-refractivity contribution in [2.24, 2.45) is 0 Å². The molecule has 1 aromatic carbocycles. The lowest BCUT2D eigenvalue weighted by Crippen LogP contribution is -2.27. The minimum atomic E-state index is -3.54. The average Bonchev–Trinajstić information content (AvgIpc) is 2.48. The van der Waals surface area contributed by atoms with Gasteiger partial charge in [-0.15, -0.1) is 0 Å². The van der Waals surface area contributed by atoms with Crippen LogP contribution in [0.4, 0.5) is 0 Å². The van der Waals surface area contributed by atoms with Crippen molar-refractivity contribution in [2.75, 3.05) is 26.7 Å². The summed E-state index contributed by atoms with van der Waals surface area (Å²) in [4.78, 5) is 0.198. The minimum Gasteiger partial charge on any atom is -0.495 e. The summed E-state index contributed by atoms with van der Waals surface area (Å²) in [7, 11) is -2.07. The molecule has 116 valence electrons. The Morgan fingerprint density at radius 3 is 2.86 bits per heavy atom. The molecule has 0 bridgehead atoms. The molecule has 2 rings (SSSR count). The van der Waals surface area contributed by atoms with Crippen LogP contribution in [0.1, 0.15) is 18.4 Å². The van der Waals surface area contributed by atoms with E-state index in [2.05, 4.69) is 16.1 Å². The van der Waals surface area contributed by atoms with Gasteiger partial charge in [0.1, 0.15) is 10.6 Å². The molecule has 1 aliphatic heterocycles. The van der Waals surface area contributed by atoms with Crippen LogP contribution in [0.25, 0.3) is 0 Å². The number of aryl methyl sites for hydroxylation is 1. The van der Waals surface area contributed by atoms with Gasteiger partial charge in [-0.1, -0.05) is 17.7 Å². The van der Waals surface area contributed by atoms with Crippen molar-refractivity contribution in [2.45, 2.75) is 24.7 Å². The van der Waals surface area contributed by atoms with E-state index in [-0.39, 0.29) is 4.90 Å². The molecule has 0 spiro atoms. The third kappa shape index (κ3) is 4.30. The molecule has 0 radical (unpaired) electrons. The van der Waals surface area contributed by atoms with E-state index < -0.39 is 10.0 Å². The van der Waals surface area contributed by atoms with E-state index in [0.717, 1.165) is 31.5 Å². The van der Waals surface area contributed by atoms with Crippen LogP contribution < -0.4 is 14.8 Å². The Morgan fingerprint density at radius 1 is 1.38 bits per heavy atom. The van der Waals surface area contributed by atoms with Crippen LogP contribution in [-0.2, 0) is 10.0 Å². The largest absolute Gasteiger partial charge is 0.495 e. The highest BCUT2D eigenvalue weighted by Gasteiger charge is 2.19. The fourth-order valence-corrected chi connectivity index (χ4v) is 3.60. The normalized spacial score (nSPS) is 15.6. The SMILES string of the molecule is COc1ccc(C)cc1S(=O)(=O)NCCC1=CCNCC1. The zero-order valence-corrected chi connectivity index (χ0v) is 13.3. The van der Waals surface area contributed by atoms with Crippen LogP contribution in [0.15, 0.2) is 34.7 Å². The first-order valence-electron chi connectivity index (χ1n) is 7.06. The number of hydrogen-bond donors (Lipinski definition) is 2. The molecule has 2 N–H and O–H groups in total. The van der Waals surface area contributed by atoms with Gasteiger partial charge < -0.3 is 10.1 Å². The van der Waals surface area contributed by atoms with Crippen LogP contribution >= 0.6 is 0 Å². The van der Waals surface area contributed by atoms with Gasteiger partial charge in [-0.05, 0) is 44.0 Å². The Kier molecular flexibility index (Phi) is 5.39. The van der Waals surface area contributed by atoms with Gasteiger partial charge in [-0.25, -0.2) is 13.1 Å². The highest BCUT2D eigenvalue weighted by atomic mass is 32.2.